The Bertz CT molecular complexity index is 1060. The Kier molecular flexibility index (Phi) is 7.59. The van der Waals surface area contributed by atoms with Gasteiger partial charge >= 0.3 is 6.03 Å². The number of aryl methyl sites for hydroxylation is 1. The van der Waals surface area contributed by atoms with Crippen molar-refractivity contribution < 1.29 is 14.4 Å². The molecule has 7 nitrogen and oxygen atoms in total. The number of anilines is 3. The summed E-state index contributed by atoms with van der Waals surface area (Å²) in [7, 11) is 0. The van der Waals surface area contributed by atoms with Crippen LogP contribution >= 0.6 is 0 Å². The number of para-hydroxylation sites is 1. The van der Waals surface area contributed by atoms with E-state index in [2.05, 4.69) is 21.3 Å². The number of nitrogens with one attached hydrogen (secondary N) is 4. The normalized spacial score (nSPS) is 11.2. The van der Waals surface area contributed by atoms with Crippen molar-refractivity contribution >= 4 is 34.9 Å². The van der Waals surface area contributed by atoms with Gasteiger partial charge in [-0.3, -0.25) is 9.59 Å². The van der Waals surface area contributed by atoms with Gasteiger partial charge in [0.2, 0.25) is 11.8 Å². The number of hydrogen-bond donors (Lipinski definition) is 4. The van der Waals surface area contributed by atoms with Gasteiger partial charge in [0.25, 0.3) is 0 Å². The third-order valence-corrected chi connectivity index (χ3v) is 4.70. The number of hydrogen-bond acceptors (Lipinski definition) is 3. The van der Waals surface area contributed by atoms with Crippen molar-refractivity contribution in [2.45, 2.75) is 26.3 Å². The summed E-state index contributed by atoms with van der Waals surface area (Å²) in [6.45, 7) is 3.41. The molecule has 4 N–H and O–H groups in total. The molecule has 32 heavy (non-hydrogen) atoms. The van der Waals surface area contributed by atoms with Gasteiger partial charge in [0.05, 0.1) is 12.5 Å². The lowest BCUT2D eigenvalue weighted by atomic mass is 10.0. The largest absolute Gasteiger partial charge is 0.349 e. The van der Waals surface area contributed by atoms with E-state index in [4.69, 9.17) is 0 Å². The Labute approximate surface area is 187 Å². The number of benzene rings is 3. The van der Waals surface area contributed by atoms with Crippen molar-refractivity contribution in [2.75, 3.05) is 16.0 Å². The molecule has 0 radical (unpaired) electrons. The molecule has 3 aromatic carbocycles. The van der Waals surface area contributed by atoms with E-state index >= 15 is 0 Å². The lowest BCUT2D eigenvalue weighted by Crippen LogP contribution is -2.29. The van der Waals surface area contributed by atoms with Crippen LogP contribution in [0.4, 0.5) is 21.9 Å². The summed E-state index contributed by atoms with van der Waals surface area (Å²) in [5.41, 5.74) is 3.84. The third-order valence-electron chi connectivity index (χ3n) is 4.70. The van der Waals surface area contributed by atoms with Crippen LogP contribution in [0.15, 0.2) is 78.9 Å². The second-order valence-electron chi connectivity index (χ2n) is 7.44. The predicted molar refractivity (Wildman–Crippen MR) is 127 cm³/mol. The van der Waals surface area contributed by atoms with Gasteiger partial charge in [-0.25, -0.2) is 4.79 Å². The first-order valence-corrected chi connectivity index (χ1v) is 10.3. The highest BCUT2D eigenvalue weighted by Crippen LogP contribution is 2.20. The smallest absolute Gasteiger partial charge is 0.323 e. The van der Waals surface area contributed by atoms with Crippen LogP contribution in [0.25, 0.3) is 0 Å². The lowest BCUT2D eigenvalue weighted by Gasteiger charge is -2.18. The lowest BCUT2D eigenvalue weighted by molar-refractivity contribution is -0.120. The predicted octanol–water partition coefficient (Wildman–Crippen LogP) is 4.85. The van der Waals surface area contributed by atoms with Gasteiger partial charge in [-0.15, -0.1) is 0 Å². The second kappa shape index (κ2) is 10.8. The summed E-state index contributed by atoms with van der Waals surface area (Å²) in [4.78, 5) is 36.2. The van der Waals surface area contributed by atoms with Gasteiger partial charge in [0.15, 0.2) is 0 Å². The van der Waals surface area contributed by atoms with Gasteiger partial charge in [-0.1, -0.05) is 48.0 Å². The average molecular weight is 431 g/mol. The van der Waals surface area contributed by atoms with Crippen molar-refractivity contribution in [1.82, 2.24) is 5.32 Å². The topological polar surface area (TPSA) is 99.3 Å². The number of carbonyl (C=O) groups excluding carboxylic acids is 3. The number of urea groups is 1. The maximum atomic E-state index is 12.6. The Morgan fingerprint density at radius 3 is 1.81 bits per heavy atom. The first-order valence-electron chi connectivity index (χ1n) is 10.3. The van der Waals surface area contributed by atoms with Crippen molar-refractivity contribution in [3.05, 3.63) is 90.0 Å². The molecule has 164 valence electrons. The van der Waals surface area contributed by atoms with Crippen LogP contribution in [0.5, 0.6) is 0 Å². The van der Waals surface area contributed by atoms with E-state index in [1.165, 1.54) is 6.92 Å². The van der Waals surface area contributed by atoms with E-state index in [1.54, 1.807) is 36.4 Å². The third kappa shape index (κ3) is 6.98. The molecular weight excluding hydrogens is 404 g/mol. The zero-order valence-corrected chi connectivity index (χ0v) is 18.0. The number of amides is 4. The van der Waals surface area contributed by atoms with Crippen LogP contribution in [0.2, 0.25) is 0 Å². The molecule has 1 atom stereocenters. The highest BCUT2D eigenvalue weighted by atomic mass is 16.2. The minimum atomic E-state index is -0.421. The van der Waals surface area contributed by atoms with Gasteiger partial charge < -0.3 is 21.3 Å². The Balaban J connectivity index is 1.56. The van der Waals surface area contributed by atoms with E-state index in [0.29, 0.717) is 17.1 Å². The minimum absolute atomic E-state index is 0.0993. The fraction of sp³-hybridized carbons (Fsp3) is 0.160. The van der Waals surface area contributed by atoms with E-state index in [9.17, 15) is 14.4 Å². The maximum Gasteiger partial charge on any atom is 0.323 e. The molecule has 0 heterocycles. The minimum Gasteiger partial charge on any atom is -0.349 e. The van der Waals surface area contributed by atoms with Gasteiger partial charge in [0.1, 0.15) is 0 Å². The van der Waals surface area contributed by atoms with Crippen molar-refractivity contribution in [3.63, 3.8) is 0 Å². The molecule has 0 aliphatic carbocycles. The molecule has 0 spiro atoms. The van der Waals surface area contributed by atoms with Crippen LogP contribution in [0.1, 0.15) is 30.5 Å². The molecule has 0 fully saturated rings. The molecule has 3 aromatic rings. The monoisotopic (exact) mass is 430 g/mol. The summed E-state index contributed by atoms with van der Waals surface area (Å²) >= 11 is 0. The van der Waals surface area contributed by atoms with Crippen molar-refractivity contribution in [3.8, 4) is 0 Å². The molecule has 3 rings (SSSR count). The van der Waals surface area contributed by atoms with E-state index in [-0.39, 0.29) is 24.3 Å². The number of rotatable bonds is 7. The SMILES string of the molecule is CC(=O)NC(CC(=O)Nc1ccc(NC(=O)Nc2ccccc2)cc1)c1ccc(C)cc1. The van der Waals surface area contributed by atoms with Crippen LogP contribution in [0.3, 0.4) is 0 Å². The zero-order chi connectivity index (χ0) is 22.9. The van der Waals surface area contributed by atoms with Crippen molar-refractivity contribution in [2.24, 2.45) is 0 Å². The Morgan fingerprint density at radius 1 is 0.719 bits per heavy atom. The molecule has 0 aromatic heterocycles. The first kappa shape index (κ1) is 22.6. The van der Waals surface area contributed by atoms with Crippen LogP contribution in [-0.4, -0.2) is 17.8 Å². The highest BCUT2D eigenvalue weighted by molar-refractivity contribution is 6.00. The second-order valence-corrected chi connectivity index (χ2v) is 7.44. The molecule has 1 unspecified atom stereocenters. The Morgan fingerprint density at radius 2 is 1.25 bits per heavy atom. The zero-order valence-electron chi connectivity index (χ0n) is 18.0. The van der Waals surface area contributed by atoms with Gasteiger partial charge in [0, 0.05) is 24.0 Å². The van der Waals surface area contributed by atoms with Gasteiger partial charge in [-0.2, -0.15) is 0 Å². The molecule has 4 amide bonds. The summed E-state index contributed by atoms with van der Waals surface area (Å²) in [5, 5.41) is 11.1. The average Bonchev–Trinajstić information content (AvgIpc) is 2.75. The van der Waals surface area contributed by atoms with Crippen LogP contribution in [0, 0.1) is 6.92 Å². The molecule has 0 aliphatic rings. The van der Waals surface area contributed by atoms with Crippen molar-refractivity contribution in [1.29, 1.82) is 0 Å². The van der Waals surface area contributed by atoms with Crippen LogP contribution in [-0.2, 0) is 9.59 Å². The fourth-order valence-electron chi connectivity index (χ4n) is 3.15. The fourth-order valence-corrected chi connectivity index (χ4v) is 3.15. The summed E-state index contributed by atoms with van der Waals surface area (Å²) < 4.78 is 0. The Hall–Kier alpha value is -4.13. The van der Waals surface area contributed by atoms with E-state index < -0.39 is 6.04 Å². The molecule has 0 aliphatic heterocycles. The molecule has 0 saturated heterocycles. The quantitative estimate of drug-likeness (QED) is 0.431. The number of carbonyl (C=O) groups is 3. The van der Waals surface area contributed by atoms with Gasteiger partial charge in [-0.05, 0) is 48.9 Å². The molecule has 0 bridgehead atoms. The summed E-state index contributed by atoms with van der Waals surface area (Å²) in [6.07, 6.45) is 0.0993. The van der Waals surface area contributed by atoms with E-state index in [0.717, 1.165) is 11.1 Å². The molecule has 7 heteroatoms. The molecular formula is C25H26N4O3. The molecule has 0 saturated carbocycles. The first-order chi connectivity index (χ1) is 15.4. The summed E-state index contributed by atoms with van der Waals surface area (Å²) in [5.74, 6) is -0.431. The van der Waals surface area contributed by atoms with E-state index in [1.807, 2.05) is 49.4 Å². The van der Waals surface area contributed by atoms with Crippen LogP contribution < -0.4 is 21.3 Å². The highest BCUT2D eigenvalue weighted by Gasteiger charge is 2.17. The maximum absolute atomic E-state index is 12.6. The summed E-state index contributed by atoms with van der Waals surface area (Å²) in [6, 6.07) is 22.9. The standard InChI is InChI=1S/C25H26N4O3/c1-17-8-10-19(11-9-17)23(26-18(2)30)16-24(31)27-21-12-14-22(15-13-21)29-25(32)28-20-6-4-3-5-7-20/h3-15,23H,16H2,1-2H3,(H,26,30)(H,27,31)(H2,28,29,32).